The van der Waals surface area contributed by atoms with Crippen molar-refractivity contribution in [1.82, 2.24) is 25.0 Å². The fourth-order valence-electron chi connectivity index (χ4n) is 1.99. The van der Waals surface area contributed by atoms with E-state index >= 15 is 0 Å². The topological polar surface area (TPSA) is 99.6 Å². The van der Waals surface area contributed by atoms with Crippen LogP contribution in [-0.2, 0) is 6.54 Å². The molecule has 0 aliphatic heterocycles. The van der Waals surface area contributed by atoms with Crippen molar-refractivity contribution in [2.45, 2.75) is 13.5 Å². The highest BCUT2D eigenvalue weighted by atomic mass is 16.1. The molecule has 100 valence electrons. The number of benzene rings is 1. The summed E-state index contributed by atoms with van der Waals surface area (Å²) in [6, 6.07) is 8.73. The van der Waals surface area contributed by atoms with Gasteiger partial charge in [0.25, 0.3) is 5.56 Å². The van der Waals surface area contributed by atoms with Crippen LogP contribution in [-0.4, -0.2) is 25.0 Å². The lowest BCUT2D eigenvalue weighted by molar-refractivity contribution is 0.580. The Hall–Kier alpha value is -2.83. The van der Waals surface area contributed by atoms with Crippen molar-refractivity contribution >= 4 is 16.7 Å². The van der Waals surface area contributed by atoms with Crippen LogP contribution in [0.25, 0.3) is 10.9 Å². The fourth-order valence-corrected chi connectivity index (χ4v) is 1.99. The predicted molar refractivity (Wildman–Crippen MR) is 74.1 cm³/mol. The summed E-state index contributed by atoms with van der Waals surface area (Å²) < 4.78 is 1.23. The molecule has 3 rings (SSSR count). The Labute approximate surface area is 114 Å². The largest absolute Gasteiger partial charge is 0.384 e. The second-order valence-corrected chi connectivity index (χ2v) is 4.42. The first kappa shape index (κ1) is 12.2. The molecule has 0 atom stereocenters. The summed E-state index contributed by atoms with van der Waals surface area (Å²) in [7, 11) is 0. The summed E-state index contributed by atoms with van der Waals surface area (Å²) in [6.45, 7) is 1.96. The third-order valence-corrected chi connectivity index (χ3v) is 2.84. The Morgan fingerprint density at radius 1 is 1.25 bits per heavy atom. The maximum atomic E-state index is 12.3. The number of nitrogens with two attached hydrogens (primary N) is 1. The Balaban J connectivity index is 2.07. The molecule has 0 amide bonds. The Kier molecular flexibility index (Phi) is 2.86. The summed E-state index contributed by atoms with van der Waals surface area (Å²) >= 11 is 0. The Morgan fingerprint density at radius 3 is 2.85 bits per heavy atom. The van der Waals surface area contributed by atoms with Gasteiger partial charge in [-0.15, -0.1) is 5.10 Å². The zero-order valence-electron chi connectivity index (χ0n) is 10.8. The first-order valence-corrected chi connectivity index (χ1v) is 6.06. The molecule has 0 aliphatic rings. The number of hydrogen-bond acceptors (Lipinski definition) is 6. The van der Waals surface area contributed by atoms with E-state index in [1.54, 1.807) is 24.3 Å². The van der Waals surface area contributed by atoms with E-state index in [4.69, 9.17) is 5.73 Å². The molecule has 2 heterocycles. The summed E-state index contributed by atoms with van der Waals surface area (Å²) in [5.74, 6) is 0.809. The Bertz CT molecular complexity index is 821. The molecule has 0 bridgehead atoms. The van der Waals surface area contributed by atoms with E-state index in [1.807, 2.05) is 13.0 Å². The molecule has 2 aromatic heterocycles. The number of rotatable bonds is 2. The minimum atomic E-state index is -0.223. The molecule has 7 nitrogen and oxygen atoms in total. The predicted octanol–water partition coefficient (Wildman–Crippen LogP) is 0.520. The SMILES string of the molecule is Cc1cc(N)nc(Cn2nnc3ccccc3c2=O)n1. The van der Waals surface area contributed by atoms with Crippen molar-refractivity contribution in [2.24, 2.45) is 0 Å². The third kappa shape index (κ3) is 2.20. The molecule has 0 saturated carbocycles. The summed E-state index contributed by atoms with van der Waals surface area (Å²) in [4.78, 5) is 20.6. The van der Waals surface area contributed by atoms with Gasteiger partial charge in [0, 0.05) is 11.8 Å². The lowest BCUT2D eigenvalue weighted by atomic mass is 10.2. The first-order chi connectivity index (χ1) is 9.63. The van der Waals surface area contributed by atoms with Gasteiger partial charge in [0.05, 0.1) is 5.39 Å². The standard InChI is InChI=1S/C13H12N6O/c1-8-6-11(14)16-12(15-8)7-19-13(20)9-4-2-3-5-10(9)17-18-19/h2-6H,7H2,1H3,(H2,14,15,16). The zero-order chi connectivity index (χ0) is 14.1. The molecule has 3 aromatic rings. The lowest BCUT2D eigenvalue weighted by Crippen LogP contribution is -2.25. The average molecular weight is 268 g/mol. The van der Waals surface area contributed by atoms with E-state index in [2.05, 4.69) is 20.3 Å². The van der Waals surface area contributed by atoms with Gasteiger partial charge in [-0.25, -0.2) is 14.6 Å². The summed E-state index contributed by atoms with van der Waals surface area (Å²) in [5, 5.41) is 8.42. The molecule has 1 aromatic carbocycles. The second kappa shape index (κ2) is 4.69. The quantitative estimate of drug-likeness (QED) is 0.727. The first-order valence-electron chi connectivity index (χ1n) is 6.06. The number of anilines is 1. The van der Waals surface area contributed by atoms with E-state index < -0.39 is 0 Å². The minimum absolute atomic E-state index is 0.141. The van der Waals surface area contributed by atoms with Crippen LogP contribution in [0.1, 0.15) is 11.5 Å². The number of aromatic nitrogens is 5. The van der Waals surface area contributed by atoms with Crippen LogP contribution in [0, 0.1) is 6.92 Å². The van der Waals surface area contributed by atoms with Gasteiger partial charge < -0.3 is 5.73 Å². The molecule has 7 heteroatoms. The van der Waals surface area contributed by atoms with Crippen molar-refractivity contribution < 1.29 is 0 Å². The van der Waals surface area contributed by atoms with Gasteiger partial charge in [-0.3, -0.25) is 4.79 Å². The van der Waals surface area contributed by atoms with Gasteiger partial charge in [-0.05, 0) is 19.1 Å². The van der Waals surface area contributed by atoms with Crippen LogP contribution in [0.5, 0.6) is 0 Å². The van der Waals surface area contributed by atoms with E-state index in [-0.39, 0.29) is 12.1 Å². The van der Waals surface area contributed by atoms with Crippen molar-refractivity contribution in [3.05, 3.63) is 52.2 Å². The number of aryl methyl sites for hydroxylation is 1. The van der Waals surface area contributed by atoms with Crippen molar-refractivity contribution in [1.29, 1.82) is 0 Å². The maximum Gasteiger partial charge on any atom is 0.278 e. The van der Waals surface area contributed by atoms with Crippen molar-refractivity contribution in [3.63, 3.8) is 0 Å². The van der Waals surface area contributed by atoms with Gasteiger partial charge in [-0.1, -0.05) is 17.3 Å². The van der Waals surface area contributed by atoms with Crippen LogP contribution in [0.2, 0.25) is 0 Å². The van der Waals surface area contributed by atoms with Gasteiger partial charge in [-0.2, -0.15) is 0 Å². The molecule has 2 N–H and O–H groups in total. The maximum absolute atomic E-state index is 12.3. The van der Waals surface area contributed by atoms with Crippen LogP contribution < -0.4 is 11.3 Å². The average Bonchev–Trinajstić information content (AvgIpc) is 2.41. The molecule has 0 fully saturated rings. The highest BCUT2D eigenvalue weighted by molar-refractivity contribution is 5.76. The molecule has 0 unspecified atom stereocenters. The van der Waals surface area contributed by atoms with Gasteiger partial charge in [0.15, 0.2) is 5.82 Å². The highest BCUT2D eigenvalue weighted by Crippen LogP contribution is 2.05. The Morgan fingerprint density at radius 2 is 2.05 bits per heavy atom. The number of nitrogens with zero attached hydrogens (tertiary/aromatic N) is 5. The van der Waals surface area contributed by atoms with Crippen LogP contribution in [0.15, 0.2) is 35.1 Å². The van der Waals surface area contributed by atoms with E-state index in [0.717, 1.165) is 5.69 Å². The fraction of sp³-hybridized carbons (Fsp3) is 0.154. The minimum Gasteiger partial charge on any atom is -0.384 e. The molecular weight excluding hydrogens is 256 g/mol. The van der Waals surface area contributed by atoms with E-state index in [1.165, 1.54) is 4.68 Å². The number of hydrogen-bond donors (Lipinski definition) is 1. The van der Waals surface area contributed by atoms with Gasteiger partial charge in [0.2, 0.25) is 0 Å². The normalized spacial score (nSPS) is 10.8. The molecule has 0 aliphatic carbocycles. The van der Waals surface area contributed by atoms with Gasteiger partial charge >= 0.3 is 0 Å². The summed E-state index contributed by atoms with van der Waals surface area (Å²) in [5.41, 5.74) is 6.76. The van der Waals surface area contributed by atoms with E-state index in [9.17, 15) is 4.79 Å². The van der Waals surface area contributed by atoms with Crippen LogP contribution in [0.4, 0.5) is 5.82 Å². The van der Waals surface area contributed by atoms with Crippen LogP contribution in [0.3, 0.4) is 0 Å². The summed E-state index contributed by atoms with van der Waals surface area (Å²) in [6.07, 6.45) is 0. The zero-order valence-corrected chi connectivity index (χ0v) is 10.8. The molecule has 20 heavy (non-hydrogen) atoms. The lowest BCUT2D eigenvalue weighted by Gasteiger charge is -2.05. The number of fused-ring (bicyclic) bond motifs is 1. The van der Waals surface area contributed by atoms with Crippen molar-refractivity contribution in [2.75, 3.05) is 5.73 Å². The van der Waals surface area contributed by atoms with Crippen LogP contribution >= 0.6 is 0 Å². The van der Waals surface area contributed by atoms with E-state index in [0.29, 0.717) is 22.5 Å². The molecule has 0 radical (unpaired) electrons. The molecule has 0 spiro atoms. The molecular formula is C13H12N6O. The monoisotopic (exact) mass is 268 g/mol. The molecule has 0 saturated heterocycles. The highest BCUT2D eigenvalue weighted by Gasteiger charge is 2.08. The van der Waals surface area contributed by atoms with Gasteiger partial charge in [0.1, 0.15) is 17.9 Å². The second-order valence-electron chi connectivity index (χ2n) is 4.42. The third-order valence-electron chi connectivity index (χ3n) is 2.84. The number of nitrogen functional groups attached to an aromatic ring is 1. The van der Waals surface area contributed by atoms with Crippen molar-refractivity contribution in [3.8, 4) is 0 Å². The smallest absolute Gasteiger partial charge is 0.278 e.